The van der Waals surface area contributed by atoms with Crippen LogP contribution in [0.25, 0.3) is 0 Å². The molecule has 0 aliphatic carbocycles. The van der Waals surface area contributed by atoms with Gasteiger partial charge in [0.2, 0.25) is 0 Å². The second-order valence-electron chi connectivity index (χ2n) is 8.20. The van der Waals surface area contributed by atoms with E-state index in [2.05, 4.69) is 19.2 Å². The Balaban J connectivity index is 1.57. The SMILES string of the molecule is Cc1ccc(NC(=O)c2ccc(OC(=O)C(C)Oc3ccc(C(C)C)c(C)c3)cc2)cc1. The summed E-state index contributed by atoms with van der Waals surface area (Å²) in [5.74, 6) is 0.660. The fourth-order valence-corrected chi connectivity index (χ4v) is 3.34. The van der Waals surface area contributed by atoms with Crippen molar-refractivity contribution in [3.05, 3.63) is 89.0 Å². The van der Waals surface area contributed by atoms with Gasteiger partial charge in [0.05, 0.1) is 0 Å². The summed E-state index contributed by atoms with van der Waals surface area (Å²) in [6, 6.07) is 19.8. The van der Waals surface area contributed by atoms with Gasteiger partial charge in [-0.1, -0.05) is 37.6 Å². The summed E-state index contributed by atoms with van der Waals surface area (Å²) in [4.78, 5) is 24.8. The Morgan fingerprint density at radius 1 is 0.812 bits per heavy atom. The molecule has 3 aromatic rings. The molecule has 0 heterocycles. The van der Waals surface area contributed by atoms with Gasteiger partial charge in [0, 0.05) is 11.3 Å². The predicted molar refractivity (Wildman–Crippen MR) is 127 cm³/mol. The molecule has 3 rings (SSSR count). The van der Waals surface area contributed by atoms with Crippen LogP contribution in [0.4, 0.5) is 5.69 Å². The van der Waals surface area contributed by atoms with E-state index in [0.29, 0.717) is 23.0 Å². The third-order valence-corrected chi connectivity index (χ3v) is 5.15. The number of ether oxygens (including phenoxy) is 2. The summed E-state index contributed by atoms with van der Waals surface area (Å²) in [5, 5.41) is 2.84. The normalized spacial score (nSPS) is 11.7. The molecule has 0 aromatic heterocycles. The fourth-order valence-electron chi connectivity index (χ4n) is 3.34. The van der Waals surface area contributed by atoms with Crippen LogP contribution in [0, 0.1) is 13.8 Å². The van der Waals surface area contributed by atoms with Gasteiger partial charge in [0.1, 0.15) is 11.5 Å². The lowest BCUT2D eigenvalue weighted by Crippen LogP contribution is -2.28. The number of rotatable bonds is 7. The Hall–Kier alpha value is -3.60. The Bertz CT molecular complexity index is 1090. The average molecular weight is 432 g/mol. The minimum absolute atomic E-state index is 0.233. The Labute approximate surface area is 189 Å². The first kappa shape index (κ1) is 23.1. The smallest absolute Gasteiger partial charge is 0.352 e. The summed E-state index contributed by atoms with van der Waals surface area (Å²) < 4.78 is 11.2. The summed E-state index contributed by atoms with van der Waals surface area (Å²) in [5.41, 5.74) is 4.68. The summed E-state index contributed by atoms with van der Waals surface area (Å²) in [6.07, 6.45) is -0.774. The van der Waals surface area contributed by atoms with Gasteiger partial charge in [-0.25, -0.2) is 4.79 Å². The number of esters is 1. The zero-order chi connectivity index (χ0) is 23.3. The quantitative estimate of drug-likeness (QED) is 0.365. The van der Waals surface area contributed by atoms with Gasteiger partial charge in [0.15, 0.2) is 6.10 Å². The van der Waals surface area contributed by atoms with Crippen LogP contribution in [0.5, 0.6) is 11.5 Å². The molecule has 1 atom stereocenters. The standard InChI is InChI=1S/C27H29NO4/c1-17(2)25-15-14-24(16-19(25)4)31-20(5)27(30)32-23-12-8-21(9-13-23)26(29)28-22-10-6-18(3)7-11-22/h6-17,20H,1-5H3,(H,28,29). The van der Waals surface area contributed by atoms with Crippen LogP contribution in [0.15, 0.2) is 66.7 Å². The van der Waals surface area contributed by atoms with Crippen LogP contribution < -0.4 is 14.8 Å². The van der Waals surface area contributed by atoms with Gasteiger partial charge < -0.3 is 14.8 Å². The van der Waals surface area contributed by atoms with E-state index in [4.69, 9.17) is 9.47 Å². The summed E-state index contributed by atoms with van der Waals surface area (Å²) in [7, 11) is 0. The lowest BCUT2D eigenvalue weighted by molar-refractivity contribution is -0.141. The maximum atomic E-state index is 12.4. The van der Waals surface area contributed by atoms with E-state index in [1.807, 2.05) is 56.3 Å². The zero-order valence-corrected chi connectivity index (χ0v) is 19.1. The van der Waals surface area contributed by atoms with Crippen molar-refractivity contribution >= 4 is 17.6 Å². The predicted octanol–water partition coefficient (Wildman–Crippen LogP) is 6.05. The number of carbonyl (C=O) groups is 2. The second-order valence-corrected chi connectivity index (χ2v) is 8.20. The van der Waals surface area contributed by atoms with Crippen LogP contribution in [0.2, 0.25) is 0 Å². The number of aryl methyl sites for hydroxylation is 2. The highest BCUT2D eigenvalue weighted by atomic mass is 16.6. The van der Waals surface area contributed by atoms with Crippen molar-refractivity contribution in [1.82, 2.24) is 0 Å². The van der Waals surface area contributed by atoms with E-state index in [1.54, 1.807) is 31.2 Å². The van der Waals surface area contributed by atoms with Crippen molar-refractivity contribution in [2.45, 2.75) is 46.6 Å². The average Bonchev–Trinajstić information content (AvgIpc) is 2.75. The largest absolute Gasteiger partial charge is 0.479 e. The van der Waals surface area contributed by atoms with E-state index >= 15 is 0 Å². The molecule has 0 aliphatic heterocycles. The van der Waals surface area contributed by atoms with Crippen molar-refractivity contribution in [3.63, 3.8) is 0 Å². The minimum atomic E-state index is -0.774. The molecule has 3 aromatic carbocycles. The lowest BCUT2D eigenvalue weighted by Gasteiger charge is -2.16. The van der Waals surface area contributed by atoms with E-state index in [9.17, 15) is 9.59 Å². The molecule has 0 fully saturated rings. The maximum Gasteiger partial charge on any atom is 0.352 e. The third kappa shape index (κ3) is 5.97. The van der Waals surface area contributed by atoms with E-state index < -0.39 is 12.1 Å². The van der Waals surface area contributed by atoms with E-state index in [0.717, 1.165) is 16.8 Å². The number of anilines is 1. The van der Waals surface area contributed by atoms with Crippen LogP contribution in [0.3, 0.4) is 0 Å². The second kappa shape index (κ2) is 10.1. The number of carbonyl (C=O) groups excluding carboxylic acids is 2. The topological polar surface area (TPSA) is 64.6 Å². The molecule has 32 heavy (non-hydrogen) atoms. The van der Waals surface area contributed by atoms with Crippen LogP contribution >= 0.6 is 0 Å². The number of amides is 1. The zero-order valence-electron chi connectivity index (χ0n) is 19.1. The number of nitrogens with one attached hydrogen (secondary N) is 1. The van der Waals surface area contributed by atoms with Gasteiger partial charge in [-0.2, -0.15) is 0 Å². The molecule has 166 valence electrons. The minimum Gasteiger partial charge on any atom is -0.479 e. The molecular formula is C27H29NO4. The van der Waals surface area contributed by atoms with Crippen molar-refractivity contribution in [2.24, 2.45) is 0 Å². The van der Waals surface area contributed by atoms with Gasteiger partial charge in [-0.15, -0.1) is 0 Å². The van der Waals surface area contributed by atoms with Crippen LogP contribution in [-0.2, 0) is 4.79 Å². The molecule has 5 heteroatoms. The number of hydrogen-bond acceptors (Lipinski definition) is 4. The molecule has 0 bridgehead atoms. The highest BCUT2D eigenvalue weighted by molar-refractivity contribution is 6.04. The highest BCUT2D eigenvalue weighted by Gasteiger charge is 2.18. The number of hydrogen-bond donors (Lipinski definition) is 1. The Morgan fingerprint density at radius 2 is 1.44 bits per heavy atom. The van der Waals surface area contributed by atoms with Gasteiger partial charge >= 0.3 is 5.97 Å². The maximum absolute atomic E-state index is 12.4. The molecular weight excluding hydrogens is 402 g/mol. The summed E-state index contributed by atoms with van der Waals surface area (Å²) in [6.45, 7) is 9.95. The molecule has 0 radical (unpaired) electrons. The summed E-state index contributed by atoms with van der Waals surface area (Å²) >= 11 is 0. The third-order valence-electron chi connectivity index (χ3n) is 5.15. The molecule has 1 unspecified atom stereocenters. The van der Waals surface area contributed by atoms with Crippen LogP contribution in [-0.4, -0.2) is 18.0 Å². The monoisotopic (exact) mass is 431 g/mol. The molecule has 0 saturated heterocycles. The van der Waals surface area contributed by atoms with Crippen molar-refractivity contribution in [3.8, 4) is 11.5 Å². The first-order valence-corrected chi connectivity index (χ1v) is 10.7. The Kier molecular flexibility index (Phi) is 7.31. The van der Waals surface area contributed by atoms with Crippen molar-refractivity contribution in [2.75, 3.05) is 5.32 Å². The first-order chi connectivity index (χ1) is 15.2. The highest BCUT2D eigenvalue weighted by Crippen LogP contribution is 2.24. The molecule has 1 amide bonds. The van der Waals surface area contributed by atoms with Gasteiger partial charge in [0.25, 0.3) is 5.91 Å². The van der Waals surface area contributed by atoms with Crippen molar-refractivity contribution < 1.29 is 19.1 Å². The lowest BCUT2D eigenvalue weighted by atomic mass is 9.98. The molecule has 5 nitrogen and oxygen atoms in total. The van der Waals surface area contributed by atoms with Gasteiger partial charge in [-0.05, 0) is 86.3 Å². The van der Waals surface area contributed by atoms with Crippen LogP contribution in [0.1, 0.15) is 53.7 Å². The number of benzene rings is 3. The molecule has 0 spiro atoms. The Morgan fingerprint density at radius 3 is 2.03 bits per heavy atom. The molecule has 0 saturated carbocycles. The molecule has 1 N–H and O–H groups in total. The van der Waals surface area contributed by atoms with Crippen molar-refractivity contribution in [1.29, 1.82) is 0 Å². The first-order valence-electron chi connectivity index (χ1n) is 10.7. The fraction of sp³-hybridized carbons (Fsp3) is 0.259. The molecule has 0 aliphatic rings. The van der Waals surface area contributed by atoms with Gasteiger partial charge in [-0.3, -0.25) is 4.79 Å². The van der Waals surface area contributed by atoms with E-state index in [1.165, 1.54) is 5.56 Å². The van der Waals surface area contributed by atoms with E-state index in [-0.39, 0.29) is 5.91 Å².